The van der Waals surface area contributed by atoms with E-state index < -0.39 is 64.1 Å². The normalized spacial score (nSPS) is 11.2. The molecule has 0 bridgehead atoms. The molecule has 0 aliphatic carbocycles. The van der Waals surface area contributed by atoms with Crippen LogP contribution in [0, 0.1) is 11.3 Å². The number of nitrogens with two attached hydrogens (primary N) is 1. The third-order valence-electron chi connectivity index (χ3n) is 5.41. The van der Waals surface area contributed by atoms with E-state index in [1.807, 2.05) is 6.07 Å². The van der Waals surface area contributed by atoms with E-state index in [-0.39, 0.29) is 101 Å². The Morgan fingerprint density at radius 1 is 0.826 bits per heavy atom. The third kappa shape index (κ3) is 11.6. The Morgan fingerprint density at radius 2 is 1.41 bits per heavy atom. The van der Waals surface area contributed by atoms with Gasteiger partial charge in [0.15, 0.2) is 0 Å². The minimum absolute atomic E-state index is 0. The zero-order valence-corrected chi connectivity index (χ0v) is 33.5. The second-order valence-corrected chi connectivity index (χ2v) is 13.6. The van der Waals surface area contributed by atoms with Crippen LogP contribution in [0.2, 0.25) is 0 Å². The van der Waals surface area contributed by atoms with Crippen LogP contribution in [0.3, 0.4) is 0 Å². The van der Waals surface area contributed by atoms with Gasteiger partial charge in [-0.1, -0.05) is 12.1 Å². The van der Waals surface area contributed by atoms with Gasteiger partial charge in [-0.15, -0.1) is 11.3 Å². The first-order chi connectivity index (χ1) is 20.0. The van der Waals surface area contributed by atoms with Crippen LogP contribution in [0.5, 0.6) is 0 Å². The summed E-state index contributed by atoms with van der Waals surface area (Å²) in [6, 6.07) is 10.4. The van der Waals surface area contributed by atoms with Crippen LogP contribution < -0.4 is 110 Å². The number of nitrogens with zero attached hydrogens (tertiary/aromatic N) is 4. The predicted octanol–water partition coefficient (Wildman–Crippen LogP) is -7.68. The van der Waals surface area contributed by atoms with E-state index in [4.69, 9.17) is 5.73 Å². The van der Waals surface area contributed by atoms with E-state index in [0.717, 1.165) is 0 Å². The summed E-state index contributed by atoms with van der Waals surface area (Å²) in [5.74, 6) is -1.84. The molecule has 0 atom stereocenters. The molecule has 0 spiro atoms. The van der Waals surface area contributed by atoms with Gasteiger partial charge in [0, 0.05) is 23.2 Å². The molecular weight excluding hydrogens is 718 g/mol. The van der Waals surface area contributed by atoms with Crippen LogP contribution in [0.15, 0.2) is 57.6 Å². The first kappa shape index (κ1) is 42.6. The zero-order chi connectivity index (χ0) is 31.6. The summed E-state index contributed by atoms with van der Waals surface area (Å²) in [5, 5.41) is 19.1. The average molecular weight is 735 g/mol. The maximum absolute atomic E-state index is 11.8. The van der Waals surface area contributed by atoms with Crippen molar-refractivity contribution in [3.05, 3.63) is 53.4 Å². The van der Waals surface area contributed by atoms with Crippen LogP contribution in [0.25, 0.3) is 11.1 Å². The van der Waals surface area contributed by atoms with Gasteiger partial charge >= 0.3 is 88.7 Å². The molecule has 46 heavy (non-hydrogen) atoms. The van der Waals surface area contributed by atoms with E-state index in [1.54, 1.807) is 29.6 Å². The summed E-state index contributed by atoms with van der Waals surface area (Å²) in [7, 11) is -14.9. The standard InChI is InChI=1S/C22H20N8O9S4.3Na/c23-10-15-16(11-40-19(15)24)12-1-3-13(4-2-12)26-21-28-20(25-7-8-41(31,32)33)29-22(30-21)27-17-9-14(42(34,35)36)5-6-18(17)43(37,38)39;;;/h1-6,9,11H,7-8,24H2,(H,31,32,33)(H,34,35,36)(H,37,38,39)(H3,25,26,27,28,29,30);;;/q;3*+1/p-3. The summed E-state index contributed by atoms with van der Waals surface area (Å²) < 4.78 is 103. The molecule has 0 saturated heterocycles. The SMILES string of the molecule is N#Cc1c(-c2ccc(Nc3nc(NCCS(=O)(=O)[O-])nc(Nc4cc(S(=O)(=O)[O-])ccc4S(=O)(=O)[O-])n3)cc2)csc1N.[Na+].[Na+].[Na+]. The van der Waals surface area contributed by atoms with Gasteiger partial charge in [0.05, 0.1) is 36.9 Å². The first-order valence-corrected chi connectivity index (χ1v) is 16.7. The monoisotopic (exact) mass is 734 g/mol. The quantitative estimate of drug-likeness (QED) is 0.0822. The van der Waals surface area contributed by atoms with E-state index in [0.29, 0.717) is 45.6 Å². The van der Waals surface area contributed by atoms with Crippen molar-refractivity contribution >= 4 is 75.9 Å². The Morgan fingerprint density at radius 3 is 1.96 bits per heavy atom. The van der Waals surface area contributed by atoms with Gasteiger partial charge in [-0.25, -0.2) is 25.3 Å². The summed E-state index contributed by atoms with van der Waals surface area (Å²) >= 11 is 1.21. The fraction of sp³-hybridized carbons (Fsp3) is 0.0909. The maximum atomic E-state index is 11.8. The van der Waals surface area contributed by atoms with E-state index in [2.05, 4.69) is 30.9 Å². The van der Waals surface area contributed by atoms with Crippen molar-refractivity contribution in [2.45, 2.75) is 9.79 Å². The fourth-order valence-corrected chi connectivity index (χ4v) is 5.75. The molecule has 0 saturated carbocycles. The Balaban J connectivity index is 0.00000353. The molecular formula is C22H17N8Na3O9S4. The Hall–Kier alpha value is -1.43. The molecule has 226 valence electrons. The van der Waals surface area contributed by atoms with Gasteiger partial charge in [-0.3, -0.25) is 0 Å². The molecule has 0 aliphatic rings. The fourth-order valence-electron chi connectivity index (χ4n) is 3.52. The molecule has 2 aromatic heterocycles. The van der Waals surface area contributed by atoms with Crippen LogP contribution in [-0.4, -0.2) is 66.2 Å². The van der Waals surface area contributed by atoms with Gasteiger partial charge in [0.25, 0.3) is 0 Å². The Bertz CT molecular complexity index is 2080. The number of nitrogen functional groups attached to an aromatic ring is 1. The molecule has 24 heteroatoms. The molecule has 0 unspecified atom stereocenters. The van der Waals surface area contributed by atoms with Gasteiger partial charge in [-0.05, 0) is 35.9 Å². The number of anilines is 6. The summed E-state index contributed by atoms with van der Waals surface area (Å²) in [4.78, 5) is 10.3. The molecule has 0 aliphatic heterocycles. The van der Waals surface area contributed by atoms with Crippen LogP contribution in [0.1, 0.15) is 5.56 Å². The minimum atomic E-state index is -5.19. The molecule has 0 radical (unpaired) electrons. The molecule has 0 fully saturated rings. The number of thiophene rings is 1. The Labute approximate surface area is 334 Å². The van der Waals surface area contributed by atoms with E-state index >= 15 is 0 Å². The summed E-state index contributed by atoms with van der Waals surface area (Å²) in [5.41, 5.74) is 7.20. The molecule has 5 N–H and O–H groups in total. The number of rotatable bonds is 11. The smallest absolute Gasteiger partial charge is 0.748 e. The van der Waals surface area contributed by atoms with Gasteiger partial charge in [-0.2, -0.15) is 20.2 Å². The molecule has 17 nitrogen and oxygen atoms in total. The first-order valence-electron chi connectivity index (χ1n) is 11.4. The number of hydrogen-bond acceptors (Lipinski definition) is 18. The summed E-state index contributed by atoms with van der Waals surface area (Å²) in [6.45, 7) is -0.432. The zero-order valence-electron chi connectivity index (χ0n) is 24.2. The van der Waals surface area contributed by atoms with Gasteiger partial charge in [0.2, 0.25) is 17.8 Å². The topological polar surface area (TPSA) is 296 Å². The largest absolute Gasteiger partial charge is 1.00 e. The average Bonchev–Trinajstić information content (AvgIpc) is 3.27. The molecule has 4 aromatic rings. The number of aromatic nitrogens is 3. The van der Waals surface area contributed by atoms with Gasteiger partial charge < -0.3 is 35.3 Å². The molecule has 4 rings (SSSR count). The summed E-state index contributed by atoms with van der Waals surface area (Å²) in [6.07, 6.45) is 0. The predicted molar refractivity (Wildman–Crippen MR) is 151 cm³/mol. The van der Waals surface area contributed by atoms with Crippen LogP contribution >= 0.6 is 11.3 Å². The van der Waals surface area contributed by atoms with Crippen molar-refractivity contribution in [1.29, 1.82) is 5.26 Å². The van der Waals surface area contributed by atoms with E-state index in [1.165, 1.54) is 11.3 Å². The maximum Gasteiger partial charge on any atom is 1.00 e. The Kier molecular flexibility index (Phi) is 16.0. The van der Waals surface area contributed by atoms with Crippen molar-refractivity contribution in [1.82, 2.24) is 15.0 Å². The van der Waals surface area contributed by atoms with Crippen molar-refractivity contribution in [3.8, 4) is 17.2 Å². The number of hydrogen-bond donors (Lipinski definition) is 4. The number of benzene rings is 2. The number of nitrogens with one attached hydrogen (secondary N) is 3. The number of nitriles is 1. The van der Waals surface area contributed by atoms with Crippen molar-refractivity contribution in [2.24, 2.45) is 0 Å². The molecule has 2 heterocycles. The second kappa shape index (κ2) is 17.3. The van der Waals surface area contributed by atoms with E-state index in [9.17, 15) is 44.2 Å². The second-order valence-electron chi connectivity index (χ2n) is 8.39. The third-order valence-corrected chi connectivity index (χ3v) is 8.65. The molecule has 2 aromatic carbocycles. The molecule has 0 amide bonds. The van der Waals surface area contributed by atoms with Crippen molar-refractivity contribution in [3.63, 3.8) is 0 Å². The van der Waals surface area contributed by atoms with Crippen molar-refractivity contribution < 1.29 is 128 Å². The van der Waals surface area contributed by atoms with Crippen LogP contribution in [0.4, 0.5) is 34.2 Å². The minimum Gasteiger partial charge on any atom is -0.748 e. The van der Waals surface area contributed by atoms with Crippen LogP contribution in [-0.2, 0) is 30.4 Å². The van der Waals surface area contributed by atoms with Crippen molar-refractivity contribution in [2.75, 3.05) is 34.0 Å². The van der Waals surface area contributed by atoms with Gasteiger partial charge in [0.1, 0.15) is 31.3 Å².